The standard InChI is InChI=1S/C19H20ClNO2/c20-16-8-6-15(7-9-16)18-13-21(11-10-17(18)19(22)23)12-14-4-2-1-3-5-14/h1-9,17-18H,10-13H2,(H,22,23)/t17?,18-/m0/s1. The van der Waals surface area contributed by atoms with Crippen molar-refractivity contribution in [2.45, 2.75) is 18.9 Å². The number of hydrogen-bond acceptors (Lipinski definition) is 2. The molecule has 3 rings (SSSR count). The van der Waals surface area contributed by atoms with E-state index in [1.54, 1.807) is 0 Å². The Labute approximate surface area is 141 Å². The Hall–Kier alpha value is -1.84. The van der Waals surface area contributed by atoms with Gasteiger partial charge < -0.3 is 5.11 Å². The number of carboxylic acid groups (broad SMARTS) is 1. The zero-order valence-corrected chi connectivity index (χ0v) is 13.6. The molecule has 23 heavy (non-hydrogen) atoms. The maximum absolute atomic E-state index is 11.6. The van der Waals surface area contributed by atoms with Crippen molar-refractivity contribution in [3.8, 4) is 0 Å². The molecule has 0 aromatic heterocycles. The van der Waals surface area contributed by atoms with Crippen LogP contribution in [-0.2, 0) is 11.3 Å². The van der Waals surface area contributed by atoms with Gasteiger partial charge in [0.1, 0.15) is 0 Å². The van der Waals surface area contributed by atoms with Crippen LogP contribution in [0, 0.1) is 5.92 Å². The molecule has 1 fully saturated rings. The first-order chi connectivity index (χ1) is 11.1. The fourth-order valence-corrected chi connectivity index (χ4v) is 3.47. The second-order valence-electron chi connectivity index (χ2n) is 6.11. The molecule has 1 heterocycles. The zero-order chi connectivity index (χ0) is 16.2. The summed E-state index contributed by atoms with van der Waals surface area (Å²) in [5, 5.41) is 10.2. The Bertz CT molecular complexity index is 657. The SMILES string of the molecule is O=C(O)C1CCN(Cc2ccccc2)C[C@H]1c1ccc(Cl)cc1. The van der Waals surface area contributed by atoms with Crippen molar-refractivity contribution in [3.63, 3.8) is 0 Å². The molecule has 1 N–H and O–H groups in total. The molecule has 1 unspecified atom stereocenters. The Balaban J connectivity index is 1.78. The largest absolute Gasteiger partial charge is 0.481 e. The molecule has 0 radical (unpaired) electrons. The molecule has 0 saturated carbocycles. The lowest BCUT2D eigenvalue weighted by molar-refractivity contribution is -0.144. The summed E-state index contributed by atoms with van der Waals surface area (Å²) >= 11 is 5.96. The predicted molar refractivity (Wildman–Crippen MR) is 91.7 cm³/mol. The predicted octanol–water partition coefficient (Wildman–Crippen LogP) is 4.03. The van der Waals surface area contributed by atoms with Gasteiger partial charge in [0.05, 0.1) is 5.92 Å². The number of rotatable bonds is 4. The number of benzene rings is 2. The molecule has 4 heteroatoms. The van der Waals surface area contributed by atoms with E-state index in [1.807, 2.05) is 42.5 Å². The lowest BCUT2D eigenvalue weighted by Crippen LogP contribution is -2.41. The van der Waals surface area contributed by atoms with Crippen molar-refractivity contribution in [1.29, 1.82) is 0 Å². The molecule has 1 aliphatic rings. The smallest absolute Gasteiger partial charge is 0.307 e. The lowest BCUT2D eigenvalue weighted by atomic mass is 9.80. The van der Waals surface area contributed by atoms with Gasteiger partial charge in [-0.15, -0.1) is 0 Å². The van der Waals surface area contributed by atoms with Crippen LogP contribution >= 0.6 is 11.6 Å². The first-order valence-corrected chi connectivity index (χ1v) is 8.26. The van der Waals surface area contributed by atoms with Crippen molar-refractivity contribution < 1.29 is 9.90 Å². The minimum atomic E-state index is -0.704. The van der Waals surface area contributed by atoms with Crippen molar-refractivity contribution >= 4 is 17.6 Å². The number of carboxylic acids is 1. The maximum atomic E-state index is 11.6. The van der Waals surface area contributed by atoms with E-state index in [1.165, 1.54) is 5.56 Å². The summed E-state index contributed by atoms with van der Waals surface area (Å²) in [6, 6.07) is 17.9. The van der Waals surface area contributed by atoms with Gasteiger partial charge in [-0.25, -0.2) is 0 Å². The van der Waals surface area contributed by atoms with Gasteiger partial charge in [0, 0.05) is 24.0 Å². The van der Waals surface area contributed by atoms with Crippen LogP contribution in [0.5, 0.6) is 0 Å². The summed E-state index contributed by atoms with van der Waals surface area (Å²) in [6.07, 6.45) is 0.676. The van der Waals surface area contributed by atoms with Crippen LogP contribution in [0.4, 0.5) is 0 Å². The molecule has 0 spiro atoms. The molecule has 1 saturated heterocycles. The van der Waals surface area contributed by atoms with Gasteiger partial charge >= 0.3 is 5.97 Å². The highest BCUT2D eigenvalue weighted by molar-refractivity contribution is 6.30. The van der Waals surface area contributed by atoms with E-state index >= 15 is 0 Å². The van der Waals surface area contributed by atoms with E-state index < -0.39 is 5.97 Å². The van der Waals surface area contributed by atoms with E-state index in [2.05, 4.69) is 17.0 Å². The van der Waals surface area contributed by atoms with E-state index in [4.69, 9.17) is 11.6 Å². The third kappa shape index (κ3) is 3.92. The number of halogens is 1. The van der Waals surface area contributed by atoms with Gasteiger partial charge in [-0.05, 0) is 36.2 Å². The average Bonchev–Trinajstić information content (AvgIpc) is 2.56. The highest BCUT2D eigenvalue weighted by atomic mass is 35.5. The molecule has 3 nitrogen and oxygen atoms in total. The van der Waals surface area contributed by atoms with Gasteiger partial charge in [-0.3, -0.25) is 9.69 Å². The molecular formula is C19H20ClNO2. The van der Waals surface area contributed by atoms with E-state index in [-0.39, 0.29) is 11.8 Å². The average molecular weight is 330 g/mol. The van der Waals surface area contributed by atoms with Crippen molar-refractivity contribution in [3.05, 3.63) is 70.7 Å². The number of nitrogens with zero attached hydrogens (tertiary/aromatic N) is 1. The summed E-state index contributed by atoms with van der Waals surface area (Å²) in [6.45, 7) is 2.43. The summed E-state index contributed by atoms with van der Waals surface area (Å²) in [5.74, 6) is -1.03. The first-order valence-electron chi connectivity index (χ1n) is 7.88. The van der Waals surface area contributed by atoms with Crippen LogP contribution in [0.1, 0.15) is 23.5 Å². The molecule has 1 aliphatic heterocycles. The molecule has 0 aliphatic carbocycles. The first kappa shape index (κ1) is 16.0. The highest BCUT2D eigenvalue weighted by Crippen LogP contribution is 2.33. The number of likely N-dealkylation sites (tertiary alicyclic amines) is 1. The maximum Gasteiger partial charge on any atom is 0.307 e. The molecular weight excluding hydrogens is 310 g/mol. The minimum Gasteiger partial charge on any atom is -0.481 e. The Morgan fingerprint density at radius 3 is 2.48 bits per heavy atom. The summed E-state index contributed by atoms with van der Waals surface area (Å²) in [7, 11) is 0. The van der Waals surface area contributed by atoms with Crippen molar-refractivity contribution in [2.24, 2.45) is 5.92 Å². The van der Waals surface area contributed by atoms with Crippen molar-refractivity contribution in [1.82, 2.24) is 4.90 Å². The molecule has 0 bridgehead atoms. The van der Waals surface area contributed by atoms with Crippen LogP contribution in [0.2, 0.25) is 5.02 Å². The second kappa shape index (κ2) is 7.16. The van der Waals surface area contributed by atoms with Crippen LogP contribution in [-0.4, -0.2) is 29.1 Å². The summed E-state index contributed by atoms with van der Waals surface area (Å²) < 4.78 is 0. The Morgan fingerprint density at radius 1 is 1.13 bits per heavy atom. The monoisotopic (exact) mass is 329 g/mol. The van der Waals surface area contributed by atoms with Gasteiger partial charge in [-0.1, -0.05) is 54.1 Å². The topological polar surface area (TPSA) is 40.5 Å². The molecule has 2 atom stereocenters. The highest BCUT2D eigenvalue weighted by Gasteiger charge is 2.34. The Kier molecular flexibility index (Phi) is 4.99. The van der Waals surface area contributed by atoms with E-state index in [0.29, 0.717) is 11.4 Å². The normalized spacial score (nSPS) is 22.0. The number of carbonyl (C=O) groups is 1. The molecule has 120 valence electrons. The van der Waals surface area contributed by atoms with Gasteiger partial charge in [0.25, 0.3) is 0 Å². The third-order valence-corrected chi connectivity index (χ3v) is 4.81. The van der Waals surface area contributed by atoms with Gasteiger partial charge in [0.2, 0.25) is 0 Å². The lowest BCUT2D eigenvalue weighted by Gasteiger charge is -2.37. The fourth-order valence-electron chi connectivity index (χ4n) is 3.35. The quantitative estimate of drug-likeness (QED) is 0.920. The van der Waals surface area contributed by atoms with Crippen LogP contribution in [0.3, 0.4) is 0 Å². The van der Waals surface area contributed by atoms with Gasteiger partial charge in [-0.2, -0.15) is 0 Å². The zero-order valence-electron chi connectivity index (χ0n) is 12.9. The van der Waals surface area contributed by atoms with Crippen LogP contribution < -0.4 is 0 Å². The molecule has 2 aromatic carbocycles. The number of hydrogen-bond donors (Lipinski definition) is 1. The van der Waals surface area contributed by atoms with Crippen molar-refractivity contribution in [2.75, 3.05) is 13.1 Å². The second-order valence-corrected chi connectivity index (χ2v) is 6.55. The Morgan fingerprint density at radius 2 is 1.83 bits per heavy atom. The number of piperidine rings is 1. The molecule has 0 amide bonds. The van der Waals surface area contributed by atoms with E-state index in [0.717, 1.165) is 25.2 Å². The van der Waals surface area contributed by atoms with Crippen LogP contribution in [0.15, 0.2) is 54.6 Å². The fraction of sp³-hybridized carbons (Fsp3) is 0.316. The minimum absolute atomic E-state index is 0.00206. The number of aliphatic carboxylic acids is 1. The summed E-state index contributed by atoms with van der Waals surface area (Å²) in [5.41, 5.74) is 2.32. The van der Waals surface area contributed by atoms with E-state index in [9.17, 15) is 9.90 Å². The molecule has 2 aromatic rings. The van der Waals surface area contributed by atoms with Gasteiger partial charge in [0.15, 0.2) is 0 Å². The summed E-state index contributed by atoms with van der Waals surface area (Å²) in [4.78, 5) is 14.0. The third-order valence-electron chi connectivity index (χ3n) is 4.56. The van der Waals surface area contributed by atoms with Crippen LogP contribution in [0.25, 0.3) is 0 Å².